The van der Waals surface area contributed by atoms with Crippen LogP contribution in [-0.4, -0.2) is 74.4 Å². The van der Waals surface area contributed by atoms with Gasteiger partial charge in [0.05, 0.1) is 12.1 Å². The maximum atomic E-state index is 11.5. The fourth-order valence-electron chi connectivity index (χ4n) is 2.34. The second-order valence-corrected chi connectivity index (χ2v) is 6.17. The number of hydrogen-bond acceptors (Lipinski definition) is 6. The van der Waals surface area contributed by atoms with Crippen LogP contribution in [0, 0.1) is 0 Å². The van der Waals surface area contributed by atoms with E-state index in [0.29, 0.717) is 6.61 Å². The Morgan fingerprint density at radius 1 is 1.30 bits per heavy atom. The number of piperazine rings is 1. The normalized spacial score (nSPS) is 16.3. The summed E-state index contributed by atoms with van der Waals surface area (Å²) >= 11 is 12.2. The van der Waals surface area contributed by atoms with E-state index in [-0.39, 0.29) is 21.4 Å². The van der Waals surface area contributed by atoms with Crippen molar-refractivity contribution in [2.45, 2.75) is 0 Å². The lowest BCUT2D eigenvalue weighted by molar-refractivity contribution is 0.0597. The Kier molecular flexibility index (Phi) is 6.35. The highest BCUT2D eigenvalue weighted by molar-refractivity contribution is 6.38. The third-order valence-electron chi connectivity index (χ3n) is 3.81. The molecule has 1 N–H and O–H groups in total. The van der Waals surface area contributed by atoms with Crippen LogP contribution in [0.5, 0.6) is 11.5 Å². The second-order valence-electron chi connectivity index (χ2n) is 5.38. The van der Waals surface area contributed by atoms with Crippen LogP contribution in [0.3, 0.4) is 0 Å². The molecule has 0 aliphatic carbocycles. The molecular weight excluding hydrogens is 343 g/mol. The summed E-state index contributed by atoms with van der Waals surface area (Å²) in [5.41, 5.74) is -0.0890. The standard InChI is InChI=1S/C15H20Cl2N2O4/c1-18-3-5-19(6-4-18)7-8-23-14-11(16)9-10(15(21)22-2)13(20)12(14)17/h9,20H,3-8H2,1-2H3. The number of aromatic hydroxyl groups is 1. The Bertz CT molecular complexity index is 575. The van der Waals surface area contributed by atoms with Gasteiger partial charge in [0.2, 0.25) is 0 Å². The van der Waals surface area contributed by atoms with Crippen molar-refractivity contribution in [3.8, 4) is 11.5 Å². The number of hydrogen-bond donors (Lipinski definition) is 1. The van der Waals surface area contributed by atoms with Crippen LogP contribution >= 0.6 is 23.2 Å². The number of ether oxygens (including phenoxy) is 2. The first kappa shape index (κ1) is 18.1. The molecule has 1 aliphatic heterocycles. The molecule has 0 spiro atoms. The summed E-state index contributed by atoms with van der Waals surface area (Å²) in [5.74, 6) is -0.930. The molecule has 1 heterocycles. The van der Waals surface area contributed by atoms with Gasteiger partial charge in [-0.05, 0) is 13.1 Å². The lowest BCUT2D eigenvalue weighted by Gasteiger charge is -2.32. The van der Waals surface area contributed by atoms with Crippen LogP contribution in [0.25, 0.3) is 0 Å². The number of methoxy groups -OCH3 is 1. The summed E-state index contributed by atoms with van der Waals surface area (Å²) in [6.45, 7) is 5.13. The number of carbonyl (C=O) groups is 1. The molecule has 0 atom stereocenters. The van der Waals surface area contributed by atoms with Crippen LogP contribution in [0.15, 0.2) is 6.07 Å². The number of nitrogens with zero attached hydrogens (tertiary/aromatic N) is 2. The average Bonchev–Trinajstić information content (AvgIpc) is 2.55. The first-order valence-corrected chi connectivity index (χ1v) is 8.02. The minimum absolute atomic E-state index is 0.0868. The van der Waals surface area contributed by atoms with Crippen LogP contribution in [-0.2, 0) is 4.74 Å². The van der Waals surface area contributed by atoms with Crippen molar-refractivity contribution in [2.75, 3.05) is 53.5 Å². The van der Waals surface area contributed by atoms with Gasteiger partial charge in [0.1, 0.15) is 17.2 Å². The van der Waals surface area contributed by atoms with Crippen LogP contribution < -0.4 is 4.74 Å². The SMILES string of the molecule is COC(=O)c1cc(Cl)c(OCCN2CCN(C)CC2)c(Cl)c1O. The van der Waals surface area contributed by atoms with Crippen LogP contribution in [0.4, 0.5) is 0 Å². The zero-order chi connectivity index (χ0) is 17.0. The second kappa shape index (κ2) is 8.06. The summed E-state index contributed by atoms with van der Waals surface area (Å²) in [6, 6.07) is 1.29. The minimum atomic E-state index is -0.713. The molecular formula is C15H20Cl2N2O4. The lowest BCUT2D eigenvalue weighted by Crippen LogP contribution is -2.45. The van der Waals surface area contributed by atoms with Gasteiger partial charge in [-0.15, -0.1) is 0 Å². The Morgan fingerprint density at radius 3 is 2.57 bits per heavy atom. The fourth-order valence-corrected chi connectivity index (χ4v) is 2.90. The number of phenolic OH excluding ortho intramolecular Hbond substituents is 1. The van der Waals surface area contributed by atoms with Gasteiger partial charge in [-0.3, -0.25) is 4.90 Å². The number of carbonyl (C=O) groups excluding carboxylic acids is 1. The van der Waals surface area contributed by atoms with E-state index in [9.17, 15) is 9.90 Å². The quantitative estimate of drug-likeness (QED) is 0.809. The number of phenols is 1. The number of likely N-dealkylation sites (N-methyl/N-ethyl adjacent to an activating group) is 1. The molecule has 1 saturated heterocycles. The van der Waals surface area contributed by atoms with Crippen molar-refractivity contribution in [1.29, 1.82) is 0 Å². The first-order valence-electron chi connectivity index (χ1n) is 7.27. The van der Waals surface area contributed by atoms with Crippen LogP contribution in [0.2, 0.25) is 10.0 Å². The van der Waals surface area contributed by atoms with Crippen molar-refractivity contribution < 1.29 is 19.4 Å². The third-order valence-corrected chi connectivity index (χ3v) is 4.44. The van der Waals surface area contributed by atoms with Gasteiger partial charge in [-0.25, -0.2) is 4.79 Å². The highest BCUT2D eigenvalue weighted by atomic mass is 35.5. The molecule has 0 bridgehead atoms. The molecule has 0 saturated carbocycles. The fraction of sp³-hybridized carbons (Fsp3) is 0.533. The summed E-state index contributed by atoms with van der Waals surface area (Å²) < 4.78 is 10.2. The van der Waals surface area contributed by atoms with E-state index in [4.69, 9.17) is 27.9 Å². The Labute approximate surface area is 145 Å². The summed E-state index contributed by atoms with van der Waals surface area (Å²) in [6.07, 6.45) is 0. The lowest BCUT2D eigenvalue weighted by atomic mass is 10.2. The van der Waals surface area contributed by atoms with E-state index in [0.717, 1.165) is 32.7 Å². The molecule has 1 aromatic carbocycles. The van der Waals surface area contributed by atoms with Crippen molar-refractivity contribution in [2.24, 2.45) is 0 Å². The maximum absolute atomic E-state index is 11.5. The highest BCUT2D eigenvalue weighted by Gasteiger charge is 2.22. The number of halogens is 2. The van der Waals surface area contributed by atoms with Gasteiger partial charge < -0.3 is 19.5 Å². The molecule has 1 fully saturated rings. The molecule has 8 heteroatoms. The van der Waals surface area contributed by atoms with Gasteiger partial charge in [-0.2, -0.15) is 0 Å². The average molecular weight is 363 g/mol. The summed E-state index contributed by atoms with van der Waals surface area (Å²) in [7, 11) is 3.31. The topological polar surface area (TPSA) is 62.2 Å². The molecule has 0 unspecified atom stereocenters. The van der Waals surface area contributed by atoms with E-state index < -0.39 is 11.7 Å². The maximum Gasteiger partial charge on any atom is 0.341 e. The summed E-state index contributed by atoms with van der Waals surface area (Å²) in [4.78, 5) is 16.1. The molecule has 0 aromatic heterocycles. The number of rotatable bonds is 5. The van der Waals surface area contributed by atoms with Gasteiger partial charge in [0.25, 0.3) is 0 Å². The van der Waals surface area contributed by atoms with Crippen LogP contribution in [0.1, 0.15) is 10.4 Å². The molecule has 6 nitrogen and oxygen atoms in total. The van der Waals surface area contributed by atoms with Gasteiger partial charge in [0.15, 0.2) is 11.5 Å². The van der Waals surface area contributed by atoms with Gasteiger partial charge in [-0.1, -0.05) is 23.2 Å². The molecule has 0 amide bonds. The molecule has 23 heavy (non-hydrogen) atoms. The van der Waals surface area contributed by atoms with Gasteiger partial charge >= 0.3 is 5.97 Å². The Balaban J connectivity index is 2.00. The zero-order valence-corrected chi connectivity index (χ0v) is 14.7. The van der Waals surface area contributed by atoms with Crippen molar-refractivity contribution >= 4 is 29.2 Å². The van der Waals surface area contributed by atoms with E-state index in [1.54, 1.807) is 0 Å². The first-order chi connectivity index (χ1) is 10.9. The number of benzene rings is 1. The molecule has 1 aromatic rings. The predicted molar refractivity (Wildman–Crippen MR) is 88.9 cm³/mol. The number of esters is 1. The van der Waals surface area contributed by atoms with Crippen molar-refractivity contribution in [3.05, 3.63) is 21.7 Å². The van der Waals surface area contributed by atoms with E-state index in [2.05, 4.69) is 21.6 Å². The van der Waals surface area contributed by atoms with Crippen molar-refractivity contribution in [1.82, 2.24) is 9.80 Å². The summed E-state index contributed by atoms with van der Waals surface area (Å²) in [5, 5.41) is 10.1. The van der Waals surface area contributed by atoms with E-state index in [1.165, 1.54) is 13.2 Å². The largest absolute Gasteiger partial charge is 0.505 e. The Morgan fingerprint density at radius 2 is 1.96 bits per heavy atom. The smallest absolute Gasteiger partial charge is 0.341 e. The zero-order valence-electron chi connectivity index (χ0n) is 13.1. The third kappa shape index (κ3) is 4.41. The minimum Gasteiger partial charge on any atom is -0.505 e. The van der Waals surface area contributed by atoms with E-state index in [1.807, 2.05) is 0 Å². The molecule has 128 valence electrons. The van der Waals surface area contributed by atoms with Gasteiger partial charge in [0, 0.05) is 32.7 Å². The van der Waals surface area contributed by atoms with E-state index >= 15 is 0 Å². The molecule has 2 rings (SSSR count). The molecule has 1 aliphatic rings. The molecule has 0 radical (unpaired) electrons. The highest BCUT2D eigenvalue weighted by Crippen LogP contribution is 2.42. The Hall–Kier alpha value is -1.21. The predicted octanol–water partition coefficient (Wildman–Crippen LogP) is 2.11. The monoisotopic (exact) mass is 362 g/mol. The van der Waals surface area contributed by atoms with Crippen molar-refractivity contribution in [3.63, 3.8) is 0 Å².